The second-order valence-corrected chi connectivity index (χ2v) is 7.81. The van der Waals surface area contributed by atoms with E-state index in [1.54, 1.807) is 0 Å². The van der Waals surface area contributed by atoms with Crippen LogP contribution >= 0.6 is 0 Å². The van der Waals surface area contributed by atoms with Gasteiger partial charge in [-0.2, -0.15) is 5.01 Å². The molecule has 1 saturated carbocycles. The van der Waals surface area contributed by atoms with Gasteiger partial charge < -0.3 is 10.5 Å². The molecule has 0 saturated heterocycles. The highest BCUT2D eigenvalue weighted by Gasteiger charge is 2.51. The van der Waals surface area contributed by atoms with Gasteiger partial charge in [-0.25, -0.2) is 8.78 Å². The van der Waals surface area contributed by atoms with Crippen LogP contribution in [0.3, 0.4) is 0 Å². The van der Waals surface area contributed by atoms with Crippen LogP contribution in [0.5, 0.6) is 0 Å². The maximum Gasteiger partial charge on any atom is 0.249 e. The van der Waals surface area contributed by atoms with E-state index in [1.807, 2.05) is 30.3 Å². The summed E-state index contributed by atoms with van der Waals surface area (Å²) in [4.78, 5) is 13.5. The minimum absolute atomic E-state index is 0.0979. The first-order chi connectivity index (χ1) is 14.5. The Morgan fingerprint density at radius 1 is 1.17 bits per heavy atom. The van der Waals surface area contributed by atoms with E-state index in [2.05, 4.69) is 5.10 Å². The summed E-state index contributed by atoms with van der Waals surface area (Å²) in [5, 5.41) is 5.77. The Labute approximate surface area is 174 Å². The summed E-state index contributed by atoms with van der Waals surface area (Å²) in [5.74, 6) is -1.67. The lowest BCUT2D eigenvalue weighted by atomic mass is 9.95. The van der Waals surface area contributed by atoms with Gasteiger partial charge in [0.15, 0.2) is 0 Å². The van der Waals surface area contributed by atoms with Crippen molar-refractivity contribution in [2.24, 2.45) is 16.8 Å². The fourth-order valence-corrected chi connectivity index (χ4v) is 4.26. The predicted octanol–water partition coefficient (Wildman–Crippen LogP) is 4.27. The number of nitrogens with two attached hydrogens (primary N) is 1. The van der Waals surface area contributed by atoms with Crippen molar-refractivity contribution in [2.75, 3.05) is 6.54 Å². The lowest BCUT2D eigenvalue weighted by Crippen LogP contribution is -2.47. The van der Waals surface area contributed by atoms with Crippen molar-refractivity contribution in [1.29, 1.82) is 0 Å². The van der Waals surface area contributed by atoms with Crippen LogP contribution in [0, 0.1) is 17.6 Å². The first kappa shape index (κ1) is 20.5. The average Bonchev–Trinajstić information content (AvgIpc) is 3.43. The molecule has 2 aliphatic rings. The highest BCUT2D eigenvalue weighted by molar-refractivity contribution is 5.97. The van der Waals surface area contributed by atoms with Gasteiger partial charge in [0.2, 0.25) is 17.5 Å². The number of ether oxygens (including phenoxy) is 1. The lowest BCUT2D eigenvalue weighted by molar-refractivity contribution is -0.157. The Balaban J connectivity index is 1.82. The quantitative estimate of drug-likeness (QED) is 0.769. The van der Waals surface area contributed by atoms with E-state index in [1.165, 1.54) is 5.01 Å². The molecule has 1 unspecified atom stereocenters. The van der Waals surface area contributed by atoms with Gasteiger partial charge in [0, 0.05) is 17.9 Å². The molecule has 1 amide bonds. The van der Waals surface area contributed by atoms with Gasteiger partial charge in [-0.05, 0) is 44.0 Å². The van der Waals surface area contributed by atoms with Crippen molar-refractivity contribution in [3.05, 3.63) is 71.3 Å². The largest absolute Gasteiger partial charge is 0.443 e. The molecule has 0 spiro atoms. The first-order valence-corrected chi connectivity index (χ1v) is 10.4. The van der Waals surface area contributed by atoms with Crippen LogP contribution in [-0.2, 0) is 15.3 Å². The second kappa shape index (κ2) is 8.52. The van der Waals surface area contributed by atoms with Crippen molar-refractivity contribution >= 4 is 11.8 Å². The van der Waals surface area contributed by atoms with Crippen LogP contribution in [0.1, 0.15) is 49.7 Å². The second-order valence-electron chi connectivity index (χ2n) is 7.81. The highest BCUT2D eigenvalue weighted by atomic mass is 19.1. The summed E-state index contributed by atoms with van der Waals surface area (Å²) < 4.78 is 34.6. The number of hydrogen-bond donors (Lipinski definition) is 1. The summed E-state index contributed by atoms with van der Waals surface area (Å²) in [5.41, 5.74) is 5.15. The van der Waals surface area contributed by atoms with Crippen LogP contribution in [0.15, 0.2) is 53.6 Å². The summed E-state index contributed by atoms with van der Waals surface area (Å²) >= 11 is 0. The molecule has 4 rings (SSSR count). The molecule has 5 nitrogen and oxygen atoms in total. The zero-order valence-electron chi connectivity index (χ0n) is 16.7. The zero-order chi connectivity index (χ0) is 21.1. The van der Waals surface area contributed by atoms with E-state index < -0.39 is 17.4 Å². The third-order valence-electron chi connectivity index (χ3n) is 5.82. The molecule has 2 N–H and O–H groups in total. The van der Waals surface area contributed by atoms with Crippen LogP contribution in [0.4, 0.5) is 8.78 Å². The number of hydrogen-bond acceptors (Lipinski definition) is 4. The summed E-state index contributed by atoms with van der Waals surface area (Å²) in [7, 11) is 0. The van der Waals surface area contributed by atoms with Gasteiger partial charge >= 0.3 is 0 Å². The van der Waals surface area contributed by atoms with Crippen LogP contribution in [0.2, 0.25) is 0 Å². The number of carbonyl (C=O) groups is 1. The number of carbonyl (C=O) groups excluding carboxylic acids is 1. The van der Waals surface area contributed by atoms with Gasteiger partial charge in [-0.1, -0.05) is 43.2 Å². The van der Waals surface area contributed by atoms with Crippen molar-refractivity contribution in [2.45, 2.75) is 44.2 Å². The molecule has 1 aliphatic carbocycles. The number of rotatable bonds is 6. The molecular formula is C23H25F2N3O2. The predicted molar refractivity (Wildman–Crippen MR) is 109 cm³/mol. The van der Waals surface area contributed by atoms with Crippen molar-refractivity contribution in [3.8, 4) is 0 Å². The van der Waals surface area contributed by atoms with Gasteiger partial charge in [-0.15, -0.1) is 5.10 Å². The summed E-state index contributed by atoms with van der Waals surface area (Å²) in [6.45, 7) is 0.396. The van der Waals surface area contributed by atoms with Gasteiger partial charge in [-0.3, -0.25) is 4.79 Å². The van der Waals surface area contributed by atoms with Crippen LogP contribution in [-0.4, -0.2) is 23.4 Å². The molecule has 1 atom stereocenters. The molecule has 0 bridgehead atoms. The maximum atomic E-state index is 14.5. The molecule has 0 aromatic heterocycles. The van der Waals surface area contributed by atoms with E-state index in [0.29, 0.717) is 19.4 Å². The van der Waals surface area contributed by atoms with Crippen molar-refractivity contribution in [3.63, 3.8) is 0 Å². The highest BCUT2D eigenvalue weighted by Crippen LogP contribution is 2.43. The molecule has 1 fully saturated rings. The Morgan fingerprint density at radius 2 is 1.90 bits per heavy atom. The zero-order valence-corrected chi connectivity index (χ0v) is 16.7. The van der Waals surface area contributed by atoms with Crippen LogP contribution in [0.25, 0.3) is 0 Å². The van der Waals surface area contributed by atoms with Gasteiger partial charge in [0.1, 0.15) is 11.6 Å². The topological polar surface area (TPSA) is 67.9 Å². The molecule has 0 radical (unpaired) electrons. The minimum atomic E-state index is -1.24. The molecule has 1 aliphatic heterocycles. The van der Waals surface area contributed by atoms with E-state index in [0.717, 1.165) is 49.4 Å². The van der Waals surface area contributed by atoms with Crippen molar-refractivity contribution in [1.82, 2.24) is 5.01 Å². The maximum absolute atomic E-state index is 14.5. The third-order valence-corrected chi connectivity index (χ3v) is 5.82. The number of nitrogens with zero attached hydrogens (tertiary/aromatic N) is 2. The van der Waals surface area contributed by atoms with Gasteiger partial charge in [0.05, 0.1) is 5.56 Å². The minimum Gasteiger partial charge on any atom is -0.443 e. The summed E-state index contributed by atoms with van der Waals surface area (Å²) in [6.07, 6.45) is 4.50. The first-order valence-electron chi connectivity index (χ1n) is 10.4. The normalized spacial score (nSPS) is 21.6. The fraction of sp³-hybridized carbons (Fsp3) is 0.391. The average molecular weight is 413 g/mol. The third kappa shape index (κ3) is 3.69. The van der Waals surface area contributed by atoms with Gasteiger partial charge in [0.25, 0.3) is 0 Å². The lowest BCUT2D eigenvalue weighted by Gasteiger charge is -2.36. The monoisotopic (exact) mass is 413 g/mol. The molecule has 30 heavy (non-hydrogen) atoms. The Hall–Kier alpha value is -2.80. The molecular weight excluding hydrogens is 388 g/mol. The standard InChI is InChI=1S/C23H25F2N3O2/c24-18-11-12-20(25)19(15-18)21-27-28(22(29)16-7-4-5-8-16)23(30-21,13-6-14-26)17-9-2-1-3-10-17/h1-3,9-12,15-16H,4-8,13-14,26H2. The number of hydrazone groups is 1. The Bertz CT molecular complexity index is 945. The van der Waals surface area contributed by atoms with E-state index in [-0.39, 0.29) is 23.3 Å². The Kier molecular flexibility index (Phi) is 5.81. The number of amides is 1. The molecule has 2 aromatic carbocycles. The molecule has 7 heteroatoms. The molecule has 2 aromatic rings. The van der Waals surface area contributed by atoms with Crippen molar-refractivity contribution < 1.29 is 18.3 Å². The SMILES string of the molecule is NCCCC1(c2ccccc2)OC(c2cc(F)ccc2F)=NN1C(=O)C1CCCC1. The van der Waals surface area contributed by atoms with E-state index >= 15 is 0 Å². The summed E-state index contributed by atoms with van der Waals surface area (Å²) in [6, 6.07) is 12.4. The molecule has 158 valence electrons. The Morgan fingerprint density at radius 3 is 2.60 bits per heavy atom. The smallest absolute Gasteiger partial charge is 0.249 e. The van der Waals surface area contributed by atoms with E-state index in [9.17, 15) is 13.6 Å². The van der Waals surface area contributed by atoms with Crippen LogP contribution < -0.4 is 5.73 Å². The number of halogens is 2. The number of benzene rings is 2. The molecule has 1 heterocycles. The van der Waals surface area contributed by atoms with E-state index in [4.69, 9.17) is 10.5 Å². The fourth-order valence-electron chi connectivity index (χ4n) is 4.26.